The second-order valence-electron chi connectivity index (χ2n) is 2.84. The predicted molar refractivity (Wildman–Crippen MR) is 48.2 cm³/mol. The number of hydrogen-bond acceptors (Lipinski definition) is 3. The first-order valence-electron chi connectivity index (χ1n) is 4.17. The van der Waals surface area contributed by atoms with Gasteiger partial charge < -0.3 is 4.42 Å². The topological polar surface area (TPSA) is 43.1 Å². The number of aromatic nitrogens is 1. The van der Waals surface area contributed by atoms with Crippen molar-refractivity contribution in [2.24, 2.45) is 0 Å². The maximum atomic E-state index is 10.3. The molecule has 2 rings (SSSR count). The van der Waals surface area contributed by atoms with Gasteiger partial charge in [0.05, 0.1) is 6.20 Å². The van der Waals surface area contributed by atoms with E-state index in [4.69, 9.17) is 4.42 Å². The lowest BCUT2D eigenvalue weighted by Crippen LogP contribution is -1.84. The van der Waals surface area contributed by atoms with Crippen LogP contribution in [0.2, 0.25) is 0 Å². The van der Waals surface area contributed by atoms with E-state index in [0.29, 0.717) is 12.0 Å². The molecule has 1 aliphatic rings. The fourth-order valence-corrected chi connectivity index (χ4v) is 1.30. The van der Waals surface area contributed by atoms with Gasteiger partial charge >= 0.3 is 0 Å². The lowest BCUT2D eigenvalue weighted by Gasteiger charge is -2.03. The molecule has 0 saturated carbocycles. The van der Waals surface area contributed by atoms with Gasteiger partial charge in [-0.2, -0.15) is 0 Å². The summed E-state index contributed by atoms with van der Waals surface area (Å²) in [4.78, 5) is 14.1. The molecule has 3 nitrogen and oxygen atoms in total. The van der Waals surface area contributed by atoms with Crippen LogP contribution in [0.15, 0.2) is 28.8 Å². The first-order valence-corrected chi connectivity index (χ1v) is 4.17. The standard InChI is InChI=1S/C10H9NO2/c12-7-10-11-6-9(13-10)8-4-2-1-3-5-8/h1-2,4,6-7H,3,5H2. The number of aldehydes is 1. The summed E-state index contributed by atoms with van der Waals surface area (Å²) in [5, 5.41) is 0. The molecule has 1 heterocycles. The van der Waals surface area contributed by atoms with Gasteiger partial charge in [0, 0.05) is 0 Å². The zero-order valence-corrected chi connectivity index (χ0v) is 7.06. The Morgan fingerprint density at radius 3 is 3.08 bits per heavy atom. The van der Waals surface area contributed by atoms with Crippen molar-refractivity contribution in [1.29, 1.82) is 0 Å². The van der Waals surface area contributed by atoms with Crippen LogP contribution in [0, 0.1) is 0 Å². The van der Waals surface area contributed by atoms with E-state index >= 15 is 0 Å². The highest BCUT2D eigenvalue weighted by atomic mass is 16.4. The van der Waals surface area contributed by atoms with Crippen molar-refractivity contribution in [3.8, 4) is 0 Å². The van der Waals surface area contributed by atoms with Gasteiger partial charge in [-0.3, -0.25) is 4.79 Å². The van der Waals surface area contributed by atoms with Crippen LogP contribution in [0.4, 0.5) is 0 Å². The molecular formula is C10H9NO2. The Kier molecular flexibility index (Phi) is 2.08. The zero-order valence-electron chi connectivity index (χ0n) is 7.06. The number of nitrogens with zero attached hydrogens (tertiary/aromatic N) is 1. The van der Waals surface area contributed by atoms with Crippen LogP contribution < -0.4 is 0 Å². The highest BCUT2D eigenvalue weighted by Gasteiger charge is 2.08. The maximum Gasteiger partial charge on any atom is 0.260 e. The summed E-state index contributed by atoms with van der Waals surface area (Å²) in [5.41, 5.74) is 1.10. The van der Waals surface area contributed by atoms with Crippen molar-refractivity contribution in [3.05, 3.63) is 36.1 Å². The molecule has 13 heavy (non-hydrogen) atoms. The molecule has 3 heteroatoms. The van der Waals surface area contributed by atoms with Gasteiger partial charge in [0.1, 0.15) is 0 Å². The Morgan fingerprint density at radius 1 is 1.54 bits per heavy atom. The number of allylic oxidation sites excluding steroid dienone is 4. The second kappa shape index (κ2) is 3.39. The molecule has 1 aliphatic carbocycles. The molecular weight excluding hydrogens is 166 g/mol. The van der Waals surface area contributed by atoms with Crippen LogP contribution in [0.25, 0.3) is 5.57 Å². The van der Waals surface area contributed by atoms with Gasteiger partial charge in [-0.1, -0.05) is 18.2 Å². The summed E-state index contributed by atoms with van der Waals surface area (Å²) in [6, 6.07) is 0. The third kappa shape index (κ3) is 1.59. The van der Waals surface area contributed by atoms with E-state index in [1.54, 1.807) is 6.20 Å². The molecule has 0 aromatic carbocycles. The minimum atomic E-state index is 0.144. The van der Waals surface area contributed by atoms with E-state index in [2.05, 4.69) is 11.1 Å². The van der Waals surface area contributed by atoms with Gasteiger partial charge in [0.2, 0.25) is 6.29 Å². The smallest absolute Gasteiger partial charge is 0.260 e. The normalized spacial score (nSPS) is 15.5. The maximum absolute atomic E-state index is 10.3. The summed E-state index contributed by atoms with van der Waals surface area (Å²) in [7, 11) is 0. The van der Waals surface area contributed by atoms with Crippen molar-refractivity contribution in [2.75, 3.05) is 0 Å². The van der Waals surface area contributed by atoms with Crippen LogP contribution in [-0.2, 0) is 0 Å². The number of rotatable bonds is 2. The Balaban J connectivity index is 2.29. The SMILES string of the molecule is O=Cc1ncc(C2=CC=CCC2)o1. The van der Waals surface area contributed by atoms with Crippen molar-refractivity contribution in [3.63, 3.8) is 0 Å². The van der Waals surface area contributed by atoms with E-state index in [0.717, 1.165) is 18.4 Å². The molecule has 1 aromatic rings. The molecule has 0 N–H and O–H groups in total. The van der Waals surface area contributed by atoms with Gasteiger partial charge in [-0.05, 0) is 18.4 Å². The van der Waals surface area contributed by atoms with Crippen LogP contribution >= 0.6 is 0 Å². The molecule has 0 bridgehead atoms. The Hall–Kier alpha value is -1.64. The lowest BCUT2D eigenvalue weighted by molar-refractivity contribution is 0.109. The summed E-state index contributed by atoms with van der Waals surface area (Å²) in [5.74, 6) is 0.844. The van der Waals surface area contributed by atoms with Crippen molar-refractivity contribution < 1.29 is 9.21 Å². The summed E-state index contributed by atoms with van der Waals surface area (Å²) in [6.07, 6.45) is 10.2. The molecule has 0 aliphatic heterocycles. The summed E-state index contributed by atoms with van der Waals surface area (Å²) < 4.78 is 5.19. The number of carbonyl (C=O) groups excluding carboxylic acids is 1. The fourth-order valence-electron chi connectivity index (χ4n) is 1.30. The summed E-state index contributed by atoms with van der Waals surface area (Å²) in [6.45, 7) is 0. The Labute approximate surface area is 75.8 Å². The minimum Gasteiger partial charge on any atom is -0.434 e. The van der Waals surface area contributed by atoms with Crippen molar-refractivity contribution in [1.82, 2.24) is 4.98 Å². The minimum absolute atomic E-state index is 0.144. The lowest BCUT2D eigenvalue weighted by atomic mass is 10.0. The van der Waals surface area contributed by atoms with E-state index in [1.807, 2.05) is 12.2 Å². The van der Waals surface area contributed by atoms with Crippen molar-refractivity contribution in [2.45, 2.75) is 12.8 Å². The molecule has 0 radical (unpaired) electrons. The average Bonchev–Trinajstić information content (AvgIpc) is 2.67. The fraction of sp³-hybridized carbons (Fsp3) is 0.200. The number of hydrogen-bond donors (Lipinski definition) is 0. The summed E-state index contributed by atoms with van der Waals surface area (Å²) >= 11 is 0. The third-order valence-corrected chi connectivity index (χ3v) is 1.95. The average molecular weight is 175 g/mol. The first-order chi connectivity index (χ1) is 6.40. The van der Waals surface area contributed by atoms with Gasteiger partial charge in [0.25, 0.3) is 5.89 Å². The van der Waals surface area contributed by atoms with Gasteiger partial charge in [-0.25, -0.2) is 4.98 Å². The largest absolute Gasteiger partial charge is 0.434 e. The molecule has 0 unspecified atom stereocenters. The van der Waals surface area contributed by atoms with Gasteiger partial charge in [0.15, 0.2) is 5.76 Å². The highest BCUT2D eigenvalue weighted by molar-refractivity contribution is 5.70. The van der Waals surface area contributed by atoms with Gasteiger partial charge in [-0.15, -0.1) is 0 Å². The Morgan fingerprint density at radius 2 is 2.46 bits per heavy atom. The molecule has 0 amide bonds. The monoisotopic (exact) mass is 175 g/mol. The number of carbonyl (C=O) groups is 1. The Bertz CT molecular complexity index is 374. The van der Waals surface area contributed by atoms with Crippen LogP contribution in [0.5, 0.6) is 0 Å². The molecule has 0 spiro atoms. The quantitative estimate of drug-likeness (QED) is 0.647. The molecule has 0 saturated heterocycles. The van der Waals surface area contributed by atoms with Crippen LogP contribution in [0.1, 0.15) is 29.3 Å². The van der Waals surface area contributed by atoms with Crippen LogP contribution in [-0.4, -0.2) is 11.3 Å². The molecule has 1 aromatic heterocycles. The van der Waals surface area contributed by atoms with E-state index < -0.39 is 0 Å². The van der Waals surface area contributed by atoms with E-state index in [1.165, 1.54) is 0 Å². The molecule has 0 atom stereocenters. The van der Waals surface area contributed by atoms with E-state index in [-0.39, 0.29) is 5.89 Å². The predicted octanol–water partition coefficient (Wildman–Crippen LogP) is 2.22. The van der Waals surface area contributed by atoms with Crippen LogP contribution in [0.3, 0.4) is 0 Å². The highest BCUT2D eigenvalue weighted by Crippen LogP contribution is 2.23. The first kappa shape index (κ1) is 7.98. The third-order valence-electron chi connectivity index (χ3n) is 1.95. The molecule has 66 valence electrons. The van der Waals surface area contributed by atoms with E-state index in [9.17, 15) is 4.79 Å². The second-order valence-corrected chi connectivity index (χ2v) is 2.84. The molecule has 0 fully saturated rings. The zero-order chi connectivity index (χ0) is 9.10. The number of oxazole rings is 1. The van der Waals surface area contributed by atoms with Crippen molar-refractivity contribution >= 4 is 11.9 Å².